The average molecular weight is 425 g/mol. The highest BCUT2D eigenvalue weighted by atomic mass is 32.1. The number of likely N-dealkylation sites (tertiary alicyclic amines) is 1. The van der Waals surface area contributed by atoms with Gasteiger partial charge in [-0.2, -0.15) is 5.26 Å². The highest BCUT2D eigenvalue weighted by molar-refractivity contribution is 7.12. The smallest absolute Gasteiger partial charge is 0.263 e. The molecule has 1 fully saturated rings. The Labute approximate surface area is 182 Å². The second-order valence-electron chi connectivity index (χ2n) is 7.94. The summed E-state index contributed by atoms with van der Waals surface area (Å²) in [6, 6.07) is 13.2. The van der Waals surface area contributed by atoms with E-state index in [1.165, 1.54) is 11.3 Å². The van der Waals surface area contributed by atoms with Crippen molar-refractivity contribution in [3.05, 3.63) is 57.8 Å². The fourth-order valence-corrected chi connectivity index (χ4v) is 4.36. The van der Waals surface area contributed by atoms with Crippen LogP contribution < -0.4 is 0 Å². The lowest BCUT2D eigenvalue weighted by Crippen LogP contribution is -2.47. The van der Waals surface area contributed by atoms with E-state index in [1.807, 2.05) is 53.5 Å². The molecular formula is C23H28N4O2S. The Balaban J connectivity index is 1.70. The maximum absolute atomic E-state index is 13.4. The largest absolute Gasteiger partial charge is 0.337 e. The van der Waals surface area contributed by atoms with Crippen LogP contribution in [0.4, 0.5) is 0 Å². The maximum atomic E-state index is 13.4. The Hall–Kier alpha value is -2.69. The quantitative estimate of drug-likeness (QED) is 0.685. The number of piperidine rings is 1. The number of benzene rings is 1. The van der Waals surface area contributed by atoms with Crippen LogP contribution in [0, 0.1) is 17.2 Å². The normalized spacial score (nSPS) is 16.3. The van der Waals surface area contributed by atoms with E-state index in [2.05, 4.69) is 11.0 Å². The van der Waals surface area contributed by atoms with Crippen LogP contribution in [-0.2, 0) is 11.3 Å². The molecule has 2 amide bonds. The van der Waals surface area contributed by atoms with Gasteiger partial charge in [-0.05, 0) is 56.1 Å². The summed E-state index contributed by atoms with van der Waals surface area (Å²) in [5.41, 5.74) is 1.61. The molecule has 1 saturated heterocycles. The first-order valence-corrected chi connectivity index (χ1v) is 11.1. The van der Waals surface area contributed by atoms with E-state index in [1.54, 1.807) is 12.1 Å². The van der Waals surface area contributed by atoms with Crippen molar-refractivity contribution in [2.75, 3.05) is 40.3 Å². The number of rotatable bonds is 7. The predicted molar refractivity (Wildman–Crippen MR) is 118 cm³/mol. The number of nitriles is 1. The first kappa shape index (κ1) is 22.0. The SMILES string of the molecule is CN(C)CCN(Cc1ccc(C#N)cc1)C(=O)C1CCCN(C(=O)c2cccs2)C1. The third kappa shape index (κ3) is 5.68. The number of carbonyl (C=O) groups is 2. The van der Waals surface area contributed by atoms with Crippen LogP contribution in [0.1, 0.15) is 33.6 Å². The molecule has 0 spiro atoms. The van der Waals surface area contributed by atoms with Gasteiger partial charge in [0.25, 0.3) is 5.91 Å². The van der Waals surface area contributed by atoms with Gasteiger partial charge in [0.2, 0.25) is 5.91 Å². The van der Waals surface area contributed by atoms with Crippen molar-refractivity contribution in [1.82, 2.24) is 14.7 Å². The zero-order valence-electron chi connectivity index (χ0n) is 17.6. The lowest BCUT2D eigenvalue weighted by Gasteiger charge is -2.35. The molecule has 0 bridgehead atoms. The Morgan fingerprint density at radius 3 is 2.60 bits per heavy atom. The van der Waals surface area contributed by atoms with Crippen LogP contribution >= 0.6 is 11.3 Å². The lowest BCUT2D eigenvalue weighted by atomic mass is 9.96. The van der Waals surface area contributed by atoms with Gasteiger partial charge in [-0.15, -0.1) is 11.3 Å². The van der Waals surface area contributed by atoms with Gasteiger partial charge in [-0.3, -0.25) is 9.59 Å². The third-order valence-corrected chi connectivity index (χ3v) is 6.23. The van der Waals surface area contributed by atoms with Crippen LogP contribution in [0.25, 0.3) is 0 Å². The van der Waals surface area contributed by atoms with Gasteiger partial charge >= 0.3 is 0 Å². The lowest BCUT2D eigenvalue weighted by molar-refractivity contribution is -0.137. The molecule has 0 radical (unpaired) electrons. The molecule has 3 rings (SSSR count). The van der Waals surface area contributed by atoms with Gasteiger partial charge in [0, 0.05) is 32.7 Å². The first-order valence-electron chi connectivity index (χ1n) is 10.2. The summed E-state index contributed by atoms with van der Waals surface area (Å²) in [5.74, 6) is -0.0532. The minimum atomic E-state index is -0.178. The monoisotopic (exact) mass is 424 g/mol. The highest BCUT2D eigenvalue weighted by Crippen LogP contribution is 2.23. The molecule has 2 heterocycles. The number of amides is 2. The zero-order chi connectivity index (χ0) is 21.5. The number of hydrogen-bond acceptors (Lipinski definition) is 5. The summed E-state index contributed by atoms with van der Waals surface area (Å²) in [7, 11) is 3.98. The van der Waals surface area contributed by atoms with E-state index >= 15 is 0 Å². The molecule has 6 nitrogen and oxygen atoms in total. The van der Waals surface area contributed by atoms with Crippen molar-refractivity contribution in [2.45, 2.75) is 19.4 Å². The number of likely N-dealkylation sites (N-methyl/N-ethyl adjacent to an activating group) is 1. The van der Waals surface area contributed by atoms with E-state index in [9.17, 15) is 9.59 Å². The van der Waals surface area contributed by atoms with Crippen LogP contribution in [-0.4, -0.2) is 66.8 Å². The van der Waals surface area contributed by atoms with E-state index in [0.29, 0.717) is 31.7 Å². The molecule has 7 heteroatoms. The third-order valence-electron chi connectivity index (χ3n) is 5.38. The van der Waals surface area contributed by atoms with E-state index in [4.69, 9.17) is 5.26 Å². The molecule has 0 N–H and O–H groups in total. The Bertz CT molecular complexity index is 887. The Morgan fingerprint density at radius 2 is 1.97 bits per heavy atom. The fourth-order valence-electron chi connectivity index (χ4n) is 3.67. The molecule has 1 atom stereocenters. The fraction of sp³-hybridized carbons (Fsp3) is 0.435. The van der Waals surface area contributed by atoms with Crippen LogP contribution in [0.5, 0.6) is 0 Å². The average Bonchev–Trinajstić information content (AvgIpc) is 3.31. The molecule has 0 saturated carbocycles. The molecular weight excluding hydrogens is 396 g/mol. The zero-order valence-corrected chi connectivity index (χ0v) is 18.4. The van der Waals surface area contributed by atoms with Crippen molar-refractivity contribution in [3.63, 3.8) is 0 Å². The number of thiophene rings is 1. The van der Waals surface area contributed by atoms with Gasteiger partial charge in [0.15, 0.2) is 0 Å². The van der Waals surface area contributed by atoms with Crippen molar-refractivity contribution in [3.8, 4) is 6.07 Å². The van der Waals surface area contributed by atoms with Gasteiger partial charge in [0.05, 0.1) is 22.4 Å². The minimum Gasteiger partial charge on any atom is -0.337 e. The molecule has 1 unspecified atom stereocenters. The summed E-state index contributed by atoms with van der Waals surface area (Å²) < 4.78 is 0. The van der Waals surface area contributed by atoms with E-state index in [0.717, 1.165) is 29.8 Å². The second-order valence-corrected chi connectivity index (χ2v) is 8.89. The summed E-state index contributed by atoms with van der Waals surface area (Å²) in [6.45, 7) is 3.08. The standard InChI is InChI=1S/C23H28N4O2S/c1-25(2)12-13-27(16-19-9-7-18(15-24)8-10-19)22(28)20-5-3-11-26(17-20)23(29)21-6-4-14-30-21/h4,6-10,14,20H,3,5,11-13,16-17H2,1-2H3. The van der Waals surface area contributed by atoms with Crippen LogP contribution in [0.15, 0.2) is 41.8 Å². The van der Waals surface area contributed by atoms with Crippen LogP contribution in [0.2, 0.25) is 0 Å². The summed E-state index contributed by atoms with van der Waals surface area (Å²) >= 11 is 1.44. The van der Waals surface area contributed by atoms with Crippen molar-refractivity contribution in [2.24, 2.45) is 5.92 Å². The van der Waals surface area contributed by atoms with Crippen molar-refractivity contribution in [1.29, 1.82) is 5.26 Å². The minimum absolute atomic E-state index is 0.0226. The molecule has 0 aliphatic carbocycles. The van der Waals surface area contributed by atoms with E-state index < -0.39 is 0 Å². The molecule has 1 aliphatic heterocycles. The van der Waals surface area contributed by atoms with Gasteiger partial charge in [-0.25, -0.2) is 0 Å². The van der Waals surface area contributed by atoms with Gasteiger partial charge in [-0.1, -0.05) is 18.2 Å². The second kappa shape index (κ2) is 10.4. The first-order chi connectivity index (χ1) is 14.5. The van der Waals surface area contributed by atoms with Crippen molar-refractivity contribution >= 4 is 23.2 Å². The summed E-state index contributed by atoms with van der Waals surface area (Å²) in [4.78, 5) is 32.7. The van der Waals surface area contributed by atoms with Crippen LogP contribution in [0.3, 0.4) is 0 Å². The van der Waals surface area contributed by atoms with E-state index in [-0.39, 0.29) is 17.7 Å². The van der Waals surface area contributed by atoms with Gasteiger partial charge in [0.1, 0.15) is 0 Å². The van der Waals surface area contributed by atoms with Gasteiger partial charge < -0.3 is 14.7 Å². The summed E-state index contributed by atoms with van der Waals surface area (Å²) in [6.07, 6.45) is 1.64. The highest BCUT2D eigenvalue weighted by Gasteiger charge is 2.32. The topological polar surface area (TPSA) is 67.7 Å². The predicted octanol–water partition coefficient (Wildman–Crippen LogP) is 3.06. The Morgan fingerprint density at radius 1 is 1.20 bits per heavy atom. The summed E-state index contributed by atoms with van der Waals surface area (Å²) in [5, 5.41) is 10.9. The molecule has 2 aromatic rings. The Kier molecular flexibility index (Phi) is 7.61. The molecule has 1 aliphatic rings. The molecule has 1 aromatic heterocycles. The maximum Gasteiger partial charge on any atom is 0.263 e. The van der Waals surface area contributed by atoms with Crippen molar-refractivity contribution < 1.29 is 9.59 Å². The molecule has 30 heavy (non-hydrogen) atoms. The number of carbonyl (C=O) groups excluding carboxylic acids is 2. The number of hydrogen-bond donors (Lipinski definition) is 0. The number of nitrogens with zero attached hydrogens (tertiary/aromatic N) is 4. The molecule has 158 valence electrons. The molecule has 1 aromatic carbocycles.